The first-order valence-electron chi connectivity index (χ1n) is 8.20. The van der Waals surface area contributed by atoms with Gasteiger partial charge in [0, 0.05) is 16.6 Å². The van der Waals surface area contributed by atoms with E-state index in [0.717, 1.165) is 16.6 Å². The molecule has 0 unspecified atom stereocenters. The summed E-state index contributed by atoms with van der Waals surface area (Å²) < 4.78 is 5.70. The minimum Gasteiger partial charge on any atom is -0.428 e. The molecule has 0 fully saturated rings. The van der Waals surface area contributed by atoms with E-state index in [0.29, 0.717) is 6.42 Å². The fraction of sp³-hybridized carbons (Fsp3) is 0.632. The van der Waals surface area contributed by atoms with Gasteiger partial charge in [-0.3, -0.25) is 4.79 Å². The van der Waals surface area contributed by atoms with Crippen molar-refractivity contribution in [3.8, 4) is 0 Å². The summed E-state index contributed by atoms with van der Waals surface area (Å²) in [5.74, 6) is 0.256. The predicted octanol–water partition coefficient (Wildman–Crippen LogP) is 4.00. The number of benzene rings is 1. The first-order chi connectivity index (χ1) is 10.3. The molecule has 0 aliphatic carbocycles. The molecule has 1 aromatic rings. The molecule has 1 radical (unpaired) electrons. The van der Waals surface area contributed by atoms with E-state index in [9.17, 15) is 4.79 Å². The summed E-state index contributed by atoms with van der Waals surface area (Å²) in [6.45, 7) is 16.1. The molecule has 0 aliphatic heterocycles. The standard InChI is InChI=1S/C19H30BO2S/c1-9-16(21)17(3,4)15-11-10-14(12-13(15)2)20-22-18(5,6)19(7,8)23/h10-12,23H,9H2,1-8H3. The Kier molecular flexibility index (Phi) is 6.20. The van der Waals surface area contributed by atoms with Gasteiger partial charge in [0.05, 0.1) is 5.60 Å². The van der Waals surface area contributed by atoms with E-state index in [1.54, 1.807) is 7.48 Å². The van der Waals surface area contributed by atoms with Crippen LogP contribution in [0.4, 0.5) is 0 Å². The summed E-state index contributed by atoms with van der Waals surface area (Å²) >= 11 is 4.61. The molecule has 23 heavy (non-hydrogen) atoms. The zero-order valence-electron chi connectivity index (χ0n) is 15.8. The molecule has 0 N–H and O–H groups in total. The second-order valence-corrected chi connectivity index (χ2v) is 8.90. The summed E-state index contributed by atoms with van der Waals surface area (Å²) in [6, 6.07) is 6.12. The third-order valence-corrected chi connectivity index (χ3v) is 5.44. The quantitative estimate of drug-likeness (QED) is 0.603. The van der Waals surface area contributed by atoms with Gasteiger partial charge in [0.1, 0.15) is 5.78 Å². The van der Waals surface area contributed by atoms with E-state index < -0.39 is 5.41 Å². The van der Waals surface area contributed by atoms with Crippen molar-refractivity contribution < 1.29 is 9.45 Å². The minimum atomic E-state index is -0.454. The smallest absolute Gasteiger partial charge is 0.330 e. The second kappa shape index (κ2) is 7.02. The van der Waals surface area contributed by atoms with Crippen LogP contribution in [-0.4, -0.2) is 23.6 Å². The van der Waals surface area contributed by atoms with Crippen LogP contribution < -0.4 is 5.46 Å². The van der Waals surface area contributed by atoms with Crippen LogP contribution in [0.3, 0.4) is 0 Å². The molecule has 4 heteroatoms. The summed E-state index contributed by atoms with van der Waals surface area (Å²) in [7, 11) is 1.78. The third kappa shape index (κ3) is 4.63. The van der Waals surface area contributed by atoms with Gasteiger partial charge in [-0.2, -0.15) is 12.6 Å². The maximum atomic E-state index is 12.2. The van der Waals surface area contributed by atoms with Gasteiger partial charge in [-0.05, 0) is 59.6 Å². The van der Waals surface area contributed by atoms with E-state index >= 15 is 0 Å². The molecular formula is C19H30BO2S. The second-order valence-electron chi connectivity index (χ2n) is 7.78. The monoisotopic (exact) mass is 333 g/mol. The summed E-state index contributed by atoms with van der Waals surface area (Å²) in [5, 5.41) is 0. The molecule has 1 rings (SSSR count). The SMILES string of the molecule is CCC(=O)C(C)(C)c1ccc([B]OC(C)(C)C(C)(C)S)cc1C. The maximum absolute atomic E-state index is 12.2. The largest absolute Gasteiger partial charge is 0.428 e. The lowest BCUT2D eigenvalue weighted by molar-refractivity contribution is -0.123. The van der Waals surface area contributed by atoms with Crippen molar-refractivity contribution in [3.05, 3.63) is 29.3 Å². The lowest BCUT2D eigenvalue weighted by atomic mass is 9.75. The molecule has 0 aromatic heterocycles. The molecule has 0 saturated heterocycles. The van der Waals surface area contributed by atoms with E-state index in [1.165, 1.54) is 0 Å². The molecular weight excluding hydrogens is 303 g/mol. The molecule has 127 valence electrons. The van der Waals surface area contributed by atoms with Crippen molar-refractivity contribution in [2.24, 2.45) is 0 Å². The van der Waals surface area contributed by atoms with Gasteiger partial charge < -0.3 is 4.65 Å². The number of aryl methyl sites for hydroxylation is 1. The average Bonchev–Trinajstić information content (AvgIpc) is 2.42. The molecule has 0 heterocycles. The Hall–Kier alpha value is -0.735. The highest BCUT2D eigenvalue weighted by Crippen LogP contribution is 2.31. The van der Waals surface area contributed by atoms with Crippen LogP contribution >= 0.6 is 12.6 Å². The van der Waals surface area contributed by atoms with Crippen LogP contribution in [0, 0.1) is 6.92 Å². The van der Waals surface area contributed by atoms with Crippen LogP contribution in [0.5, 0.6) is 0 Å². The van der Waals surface area contributed by atoms with Gasteiger partial charge in [-0.25, -0.2) is 0 Å². The highest BCUT2D eigenvalue weighted by Gasteiger charge is 2.34. The Balaban J connectivity index is 2.96. The molecule has 0 atom stereocenters. The van der Waals surface area contributed by atoms with Gasteiger partial charge in [-0.1, -0.05) is 30.6 Å². The maximum Gasteiger partial charge on any atom is 0.330 e. The van der Waals surface area contributed by atoms with Crippen molar-refractivity contribution in [1.82, 2.24) is 0 Å². The number of carbonyl (C=O) groups is 1. The molecule has 2 nitrogen and oxygen atoms in total. The van der Waals surface area contributed by atoms with Crippen LogP contribution in [0.15, 0.2) is 18.2 Å². The van der Waals surface area contributed by atoms with Crippen molar-refractivity contribution in [2.75, 3.05) is 0 Å². The lowest BCUT2D eigenvalue weighted by Crippen LogP contribution is -2.45. The summed E-state index contributed by atoms with van der Waals surface area (Å²) in [6.07, 6.45) is 0.550. The lowest BCUT2D eigenvalue weighted by Gasteiger charge is -2.38. The van der Waals surface area contributed by atoms with E-state index in [4.69, 9.17) is 4.65 Å². The highest BCUT2D eigenvalue weighted by atomic mass is 32.1. The number of carbonyl (C=O) groups excluding carboxylic acids is 1. The predicted molar refractivity (Wildman–Crippen MR) is 103 cm³/mol. The minimum absolute atomic E-state index is 0.256. The van der Waals surface area contributed by atoms with Crippen molar-refractivity contribution in [3.63, 3.8) is 0 Å². The Bertz CT molecular complexity index is 571. The first kappa shape index (κ1) is 20.3. The number of hydrogen-bond donors (Lipinski definition) is 1. The van der Waals surface area contributed by atoms with E-state index in [-0.39, 0.29) is 16.1 Å². The Morgan fingerprint density at radius 2 is 1.74 bits per heavy atom. The first-order valence-corrected chi connectivity index (χ1v) is 8.65. The van der Waals surface area contributed by atoms with Crippen molar-refractivity contribution in [2.45, 2.75) is 77.6 Å². The van der Waals surface area contributed by atoms with Crippen LogP contribution in [0.2, 0.25) is 0 Å². The molecule has 0 amide bonds. The number of ketones is 1. The van der Waals surface area contributed by atoms with Gasteiger partial charge >= 0.3 is 7.48 Å². The third-order valence-electron chi connectivity index (χ3n) is 4.91. The van der Waals surface area contributed by atoms with Crippen LogP contribution in [-0.2, 0) is 14.9 Å². The molecule has 0 bridgehead atoms. The molecule has 0 saturated carbocycles. The summed E-state index contributed by atoms with van der Waals surface area (Å²) in [4.78, 5) is 12.2. The Labute approximate surface area is 148 Å². The Morgan fingerprint density at radius 1 is 1.17 bits per heavy atom. The zero-order chi connectivity index (χ0) is 18.1. The van der Waals surface area contributed by atoms with Gasteiger partial charge in [-0.15, -0.1) is 0 Å². The average molecular weight is 333 g/mol. The van der Waals surface area contributed by atoms with Gasteiger partial charge in [0.25, 0.3) is 0 Å². The highest BCUT2D eigenvalue weighted by molar-refractivity contribution is 7.81. The number of Topliss-reactive ketones (excluding diaryl/α,β-unsaturated/α-hetero) is 1. The van der Waals surface area contributed by atoms with E-state index in [2.05, 4.69) is 18.7 Å². The topological polar surface area (TPSA) is 26.3 Å². The van der Waals surface area contributed by atoms with Crippen molar-refractivity contribution in [1.29, 1.82) is 0 Å². The van der Waals surface area contributed by atoms with Crippen LogP contribution in [0.25, 0.3) is 0 Å². The normalized spacial score (nSPS) is 13.1. The number of rotatable bonds is 7. The zero-order valence-corrected chi connectivity index (χ0v) is 16.7. The number of hydrogen-bond acceptors (Lipinski definition) is 3. The number of thiol groups is 1. The van der Waals surface area contributed by atoms with Crippen LogP contribution in [0.1, 0.15) is 66.0 Å². The van der Waals surface area contributed by atoms with Gasteiger partial charge in [0.15, 0.2) is 0 Å². The molecule has 1 aromatic carbocycles. The van der Waals surface area contributed by atoms with Crippen molar-refractivity contribution >= 4 is 31.4 Å². The Morgan fingerprint density at radius 3 is 2.17 bits per heavy atom. The fourth-order valence-electron chi connectivity index (χ4n) is 2.41. The molecule has 0 aliphatic rings. The fourth-order valence-corrected chi connectivity index (χ4v) is 2.47. The van der Waals surface area contributed by atoms with E-state index in [1.807, 2.05) is 67.5 Å². The van der Waals surface area contributed by atoms with Gasteiger partial charge in [0.2, 0.25) is 0 Å². The summed E-state index contributed by atoms with van der Waals surface area (Å²) in [5.41, 5.74) is 2.34. The molecule has 0 spiro atoms.